The summed E-state index contributed by atoms with van der Waals surface area (Å²) in [5.41, 5.74) is 3.95. The second-order valence-corrected chi connectivity index (χ2v) is 8.37. The number of methoxy groups -OCH3 is 1. The average Bonchev–Trinajstić information content (AvgIpc) is 3.10. The molecule has 0 saturated heterocycles. The van der Waals surface area contributed by atoms with Crippen molar-refractivity contribution in [3.8, 4) is 11.4 Å². The van der Waals surface area contributed by atoms with Crippen molar-refractivity contribution in [1.82, 2.24) is 4.57 Å². The fourth-order valence-corrected chi connectivity index (χ4v) is 4.44. The number of fused-ring (bicyclic) bond motifs is 1. The average molecular weight is 514 g/mol. The van der Waals surface area contributed by atoms with E-state index in [0.29, 0.717) is 22.9 Å². The van der Waals surface area contributed by atoms with Crippen LogP contribution in [0.1, 0.15) is 23.0 Å². The maximum atomic E-state index is 13.1. The molecule has 7 heteroatoms. The third-order valence-corrected chi connectivity index (χ3v) is 5.97. The molecule has 1 N–H and O–H groups in total. The molecule has 4 aromatic rings. The number of nitrogens with one attached hydrogen (secondary N) is 1. The van der Waals surface area contributed by atoms with Crippen LogP contribution >= 0.6 is 27.5 Å². The molecule has 0 saturated carbocycles. The number of para-hydroxylation sites is 1. The Morgan fingerprint density at radius 2 is 1.88 bits per heavy atom. The van der Waals surface area contributed by atoms with Crippen LogP contribution in [-0.2, 0) is 11.3 Å². The summed E-state index contributed by atoms with van der Waals surface area (Å²) >= 11 is 9.74. The van der Waals surface area contributed by atoms with E-state index in [1.54, 1.807) is 14.0 Å². The van der Waals surface area contributed by atoms with Gasteiger partial charge in [-0.15, -0.1) is 0 Å². The van der Waals surface area contributed by atoms with Crippen molar-refractivity contribution in [3.05, 3.63) is 87.5 Å². The van der Waals surface area contributed by atoms with Crippen LogP contribution in [0, 0.1) is 0 Å². The lowest BCUT2D eigenvalue weighted by Gasteiger charge is -2.14. The molecule has 1 heterocycles. The fraction of sp³-hybridized carbons (Fsp3) is 0.160. The number of aromatic nitrogens is 1. The number of carbonyl (C=O) groups excluding carboxylic acids is 1. The number of anilines is 1. The normalized spacial score (nSPS) is 10.9. The summed E-state index contributed by atoms with van der Waals surface area (Å²) in [4.78, 5) is 13.1. The first-order valence-electron chi connectivity index (χ1n) is 10.2. The molecule has 0 amide bonds. The molecule has 4 rings (SSSR count). The molecule has 0 fully saturated rings. The lowest BCUT2D eigenvalue weighted by Crippen LogP contribution is -2.13. The van der Waals surface area contributed by atoms with E-state index in [1.807, 2.05) is 66.7 Å². The second-order valence-electron chi connectivity index (χ2n) is 7.08. The summed E-state index contributed by atoms with van der Waals surface area (Å²) < 4.78 is 13.8. The maximum absolute atomic E-state index is 13.1. The van der Waals surface area contributed by atoms with Crippen LogP contribution in [0.4, 0.5) is 5.69 Å². The Bertz CT molecular complexity index is 1270. The molecular weight excluding hydrogens is 492 g/mol. The summed E-state index contributed by atoms with van der Waals surface area (Å²) in [7, 11) is 1.60. The summed E-state index contributed by atoms with van der Waals surface area (Å²) in [6.45, 7) is 2.47. The number of ether oxygens (including phenoxy) is 2. The van der Waals surface area contributed by atoms with E-state index in [4.69, 9.17) is 21.1 Å². The van der Waals surface area contributed by atoms with E-state index in [1.165, 1.54) is 0 Å². The van der Waals surface area contributed by atoms with Gasteiger partial charge in [0.1, 0.15) is 5.75 Å². The van der Waals surface area contributed by atoms with Gasteiger partial charge in [-0.3, -0.25) is 0 Å². The first-order valence-corrected chi connectivity index (χ1v) is 11.3. The van der Waals surface area contributed by atoms with E-state index < -0.39 is 0 Å². The molecule has 0 aliphatic rings. The summed E-state index contributed by atoms with van der Waals surface area (Å²) in [5, 5.41) is 4.79. The predicted molar refractivity (Wildman–Crippen MR) is 132 cm³/mol. The van der Waals surface area contributed by atoms with Crippen LogP contribution in [0.25, 0.3) is 16.6 Å². The number of benzene rings is 3. The summed E-state index contributed by atoms with van der Waals surface area (Å²) in [5.74, 6) is 0.266. The number of hydrogen-bond donors (Lipinski definition) is 1. The van der Waals surface area contributed by atoms with E-state index in [9.17, 15) is 4.79 Å². The third-order valence-electron chi connectivity index (χ3n) is 5.12. The van der Waals surface area contributed by atoms with Crippen molar-refractivity contribution in [3.63, 3.8) is 0 Å². The van der Waals surface area contributed by atoms with Gasteiger partial charge in [-0.05, 0) is 65.3 Å². The summed E-state index contributed by atoms with van der Waals surface area (Å²) in [6, 6.07) is 21.2. The Kier molecular flexibility index (Phi) is 6.72. The minimum absolute atomic E-state index is 0.283. The quantitative estimate of drug-likeness (QED) is 0.275. The van der Waals surface area contributed by atoms with E-state index >= 15 is 0 Å². The standard InChI is InChI=1S/C25H22BrClN2O3/c1-3-32-25(30)24-19-13-23(31-2)20(26)14-21(19)29(18-10-5-4-6-11-18)22(24)15-28-17-9-7-8-16(27)12-17/h4-14,28H,3,15H2,1-2H3. The molecule has 0 radical (unpaired) electrons. The van der Waals surface area contributed by atoms with Gasteiger partial charge in [0.05, 0.1) is 41.5 Å². The van der Waals surface area contributed by atoms with Crippen molar-refractivity contribution < 1.29 is 14.3 Å². The molecule has 0 atom stereocenters. The van der Waals surface area contributed by atoms with Crippen LogP contribution in [0.2, 0.25) is 5.02 Å². The van der Waals surface area contributed by atoms with Gasteiger partial charge in [0.15, 0.2) is 0 Å². The minimum Gasteiger partial charge on any atom is -0.496 e. The van der Waals surface area contributed by atoms with Gasteiger partial charge >= 0.3 is 5.97 Å². The van der Waals surface area contributed by atoms with E-state index in [2.05, 4.69) is 25.8 Å². The molecule has 0 bridgehead atoms. The Labute approximate surface area is 200 Å². The van der Waals surface area contributed by atoms with Gasteiger partial charge in [-0.1, -0.05) is 35.9 Å². The fourth-order valence-electron chi connectivity index (χ4n) is 3.75. The number of rotatable bonds is 7. The topological polar surface area (TPSA) is 52.5 Å². The summed E-state index contributed by atoms with van der Waals surface area (Å²) in [6.07, 6.45) is 0. The van der Waals surface area contributed by atoms with Gasteiger partial charge in [-0.2, -0.15) is 0 Å². The molecule has 0 spiro atoms. The maximum Gasteiger partial charge on any atom is 0.340 e. The Morgan fingerprint density at radius 3 is 2.56 bits per heavy atom. The molecule has 0 unspecified atom stereocenters. The van der Waals surface area contributed by atoms with E-state index in [0.717, 1.165) is 32.4 Å². The number of nitrogens with zero attached hydrogens (tertiary/aromatic N) is 1. The molecule has 0 aliphatic heterocycles. The highest BCUT2D eigenvalue weighted by Crippen LogP contribution is 2.37. The highest BCUT2D eigenvalue weighted by atomic mass is 79.9. The van der Waals surface area contributed by atoms with Gasteiger partial charge in [0, 0.05) is 21.8 Å². The monoisotopic (exact) mass is 512 g/mol. The number of esters is 1. The zero-order valence-corrected chi connectivity index (χ0v) is 20.0. The van der Waals surface area contributed by atoms with Gasteiger partial charge < -0.3 is 19.4 Å². The molecule has 164 valence electrons. The van der Waals surface area contributed by atoms with Crippen LogP contribution in [-0.4, -0.2) is 24.3 Å². The van der Waals surface area contributed by atoms with Crippen LogP contribution in [0.3, 0.4) is 0 Å². The van der Waals surface area contributed by atoms with E-state index in [-0.39, 0.29) is 12.6 Å². The lowest BCUT2D eigenvalue weighted by molar-refractivity contribution is 0.0527. The van der Waals surface area contributed by atoms with Crippen molar-refractivity contribution in [1.29, 1.82) is 0 Å². The first-order chi connectivity index (χ1) is 15.5. The predicted octanol–water partition coefficient (Wildman–Crippen LogP) is 6.84. The van der Waals surface area contributed by atoms with Crippen molar-refractivity contribution >= 4 is 50.1 Å². The smallest absolute Gasteiger partial charge is 0.340 e. The number of hydrogen-bond acceptors (Lipinski definition) is 4. The van der Waals surface area contributed by atoms with Crippen LogP contribution in [0.5, 0.6) is 5.75 Å². The van der Waals surface area contributed by atoms with Gasteiger partial charge in [0.2, 0.25) is 0 Å². The number of carbonyl (C=O) groups is 1. The van der Waals surface area contributed by atoms with Crippen LogP contribution in [0.15, 0.2) is 71.2 Å². The largest absolute Gasteiger partial charge is 0.496 e. The second kappa shape index (κ2) is 9.67. The zero-order chi connectivity index (χ0) is 22.7. The Morgan fingerprint density at radius 1 is 1.09 bits per heavy atom. The molecule has 1 aromatic heterocycles. The third kappa shape index (κ3) is 4.33. The molecule has 0 aliphatic carbocycles. The first kappa shape index (κ1) is 22.2. The van der Waals surface area contributed by atoms with Crippen molar-refractivity contribution in [2.24, 2.45) is 0 Å². The lowest BCUT2D eigenvalue weighted by atomic mass is 10.1. The van der Waals surface area contributed by atoms with Gasteiger partial charge in [-0.25, -0.2) is 4.79 Å². The molecule has 5 nitrogen and oxygen atoms in total. The molecule has 32 heavy (non-hydrogen) atoms. The molecular formula is C25H22BrClN2O3. The highest BCUT2D eigenvalue weighted by molar-refractivity contribution is 9.10. The zero-order valence-electron chi connectivity index (χ0n) is 17.7. The van der Waals surface area contributed by atoms with Gasteiger partial charge in [0.25, 0.3) is 0 Å². The van der Waals surface area contributed by atoms with Crippen molar-refractivity contribution in [2.75, 3.05) is 19.0 Å². The Hall–Kier alpha value is -2.96. The van der Waals surface area contributed by atoms with Crippen molar-refractivity contribution in [2.45, 2.75) is 13.5 Å². The number of halogens is 2. The molecule has 3 aromatic carbocycles. The minimum atomic E-state index is -0.376. The highest BCUT2D eigenvalue weighted by Gasteiger charge is 2.25. The SMILES string of the molecule is CCOC(=O)c1c(CNc2cccc(Cl)c2)n(-c2ccccc2)c2cc(Br)c(OC)cc12. The van der Waals surface area contributed by atoms with Crippen LogP contribution < -0.4 is 10.1 Å². The Balaban J connectivity index is 1.97.